The van der Waals surface area contributed by atoms with Crippen LogP contribution in [0.1, 0.15) is 62.6 Å². The van der Waals surface area contributed by atoms with Crippen molar-refractivity contribution < 1.29 is 0 Å². The molecule has 2 heterocycles. The van der Waals surface area contributed by atoms with Crippen LogP contribution < -0.4 is 10.6 Å². The zero-order valence-electron chi connectivity index (χ0n) is 12.0. The van der Waals surface area contributed by atoms with Gasteiger partial charge in [-0.05, 0) is 43.1 Å². The first-order valence-corrected chi connectivity index (χ1v) is 7.52. The van der Waals surface area contributed by atoms with Gasteiger partial charge in [0.1, 0.15) is 0 Å². The Labute approximate surface area is 115 Å². The zero-order valence-corrected chi connectivity index (χ0v) is 12.0. The molecule has 3 rings (SSSR count). The average molecular weight is 260 g/mol. The number of anilines is 1. The smallest absolute Gasteiger partial charge is 0.225 e. The van der Waals surface area contributed by atoms with Crippen LogP contribution in [-0.4, -0.2) is 29.1 Å². The molecule has 1 aliphatic heterocycles. The molecule has 0 amide bonds. The van der Waals surface area contributed by atoms with Crippen LogP contribution in [-0.2, 0) is 0 Å². The molecule has 0 spiro atoms. The highest BCUT2D eigenvalue weighted by molar-refractivity contribution is 5.37. The molecule has 2 unspecified atom stereocenters. The Morgan fingerprint density at radius 3 is 2.53 bits per heavy atom. The summed E-state index contributed by atoms with van der Waals surface area (Å²) in [5.41, 5.74) is 8.59. The van der Waals surface area contributed by atoms with Crippen molar-refractivity contribution in [2.24, 2.45) is 5.73 Å². The van der Waals surface area contributed by atoms with Gasteiger partial charge in [-0.3, -0.25) is 0 Å². The zero-order chi connectivity index (χ0) is 13.4. The minimum Gasteiger partial charge on any atom is -0.341 e. The SMILES string of the molecule is CC1CCC(C)c2nc(N3CCC(N)CC3)ncc21. The maximum absolute atomic E-state index is 5.96. The summed E-state index contributed by atoms with van der Waals surface area (Å²) in [7, 11) is 0. The third kappa shape index (κ3) is 2.46. The lowest BCUT2D eigenvalue weighted by Gasteiger charge is -2.32. The van der Waals surface area contributed by atoms with E-state index < -0.39 is 0 Å². The van der Waals surface area contributed by atoms with Gasteiger partial charge in [0.2, 0.25) is 5.95 Å². The van der Waals surface area contributed by atoms with Gasteiger partial charge in [-0.1, -0.05) is 13.8 Å². The summed E-state index contributed by atoms with van der Waals surface area (Å²) in [4.78, 5) is 11.8. The van der Waals surface area contributed by atoms with Crippen molar-refractivity contribution >= 4 is 5.95 Å². The number of hydrogen-bond donors (Lipinski definition) is 1. The maximum Gasteiger partial charge on any atom is 0.225 e. The largest absolute Gasteiger partial charge is 0.341 e. The Hall–Kier alpha value is -1.16. The van der Waals surface area contributed by atoms with E-state index in [1.807, 2.05) is 0 Å². The van der Waals surface area contributed by atoms with Gasteiger partial charge < -0.3 is 10.6 Å². The Morgan fingerprint density at radius 1 is 1.11 bits per heavy atom. The number of aromatic nitrogens is 2. The standard InChI is InChI=1S/C15H24N4/c1-10-3-4-11(2)14-13(10)9-17-15(18-14)19-7-5-12(16)6-8-19/h9-12H,3-8,16H2,1-2H3. The van der Waals surface area contributed by atoms with Gasteiger partial charge in [0.15, 0.2) is 0 Å². The number of fused-ring (bicyclic) bond motifs is 1. The average Bonchev–Trinajstić information content (AvgIpc) is 2.43. The minimum absolute atomic E-state index is 0.354. The first-order chi connectivity index (χ1) is 9.15. The Morgan fingerprint density at radius 2 is 1.79 bits per heavy atom. The molecule has 4 heteroatoms. The molecule has 1 aliphatic carbocycles. The maximum atomic E-state index is 5.96. The van der Waals surface area contributed by atoms with Crippen LogP contribution in [0, 0.1) is 0 Å². The van der Waals surface area contributed by atoms with Crippen molar-refractivity contribution in [1.82, 2.24) is 9.97 Å². The van der Waals surface area contributed by atoms with Gasteiger partial charge in [0.05, 0.1) is 5.69 Å². The van der Waals surface area contributed by atoms with E-state index in [-0.39, 0.29) is 0 Å². The van der Waals surface area contributed by atoms with Crippen molar-refractivity contribution in [3.05, 3.63) is 17.5 Å². The third-order valence-electron chi connectivity index (χ3n) is 4.69. The van der Waals surface area contributed by atoms with Crippen molar-refractivity contribution in [3.8, 4) is 0 Å². The normalized spacial score (nSPS) is 28.3. The number of piperidine rings is 1. The molecule has 0 bridgehead atoms. The van der Waals surface area contributed by atoms with E-state index >= 15 is 0 Å². The van der Waals surface area contributed by atoms with E-state index in [1.165, 1.54) is 24.1 Å². The van der Waals surface area contributed by atoms with Crippen molar-refractivity contribution in [1.29, 1.82) is 0 Å². The van der Waals surface area contributed by atoms with Crippen LogP contribution in [0.3, 0.4) is 0 Å². The fourth-order valence-corrected chi connectivity index (χ4v) is 3.21. The van der Waals surface area contributed by atoms with Crippen molar-refractivity contribution in [2.75, 3.05) is 18.0 Å². The Bertz CT molecular complexity index is 451. The van der Waals surface area contributed by atoms with Gasteiger partial charge >= 0.3 is 0 Å². The Kier molecular flexibility index (Phi) is 3.44. The number of nitrogens with zero attached hydrogens (tertiary/aromatic N) is 3. The number of hydrogen-bond acceptors (Lipinski definition) is 4. The van der Waals surface area contributed by atoms with E-state index in [4.69, 9.17) is 10.7 Å². The summed E-state index contributed by atoms with van der Waals surface area (Å²) in [5.74, 6) is 2.08. The molecule has 1 fully saturated rings. The molecule has 2 aliphatic rings. The van der Waals surface area contributed by atoms with Crippen LogP contribution in [0.2, 0.25) is 0 Å². The van der Waals surface area contributed by atoms with Crippen LogP contribution in [0.15, 0.2) is 6.20 Å². The van der Waals surface area contributed by atoms with E-state index in [1.54, 1.807) is 0 Å². The Balaban J connectivity index is 1.86. The molecule has 0 radical (unpaired) electrons. The molecule has 1 saturated heterocycles. The lowest BCUT2D eigenvalue weighted by atomic mass is 9.82. The predicted octanol–water partition coefficient (Wildman–Crippen LogP) is 2.40. The first kappa shape index (κ1) is 12.9. The predicted molar refractivity (Wildman–Crippen MR) is 77.5 cm³/mol. The molecule has 0 saturated carbocycles. The first-order valence-electron chi connectivity index (χ1n) is 7.52. The number of nitrogens with two attached hydrogens (primary N) is 1. The van der Waals surface area contributed by atoms with Gasteiger partial charge in [-0.15, -0.1) is 0 Å². The molecule has 104 valence electrons. The second-order valence-electron chi connectivity index (χ2n) is 6.21. The fourth-order valence-electron chi connectivity index (χ4n) is 3.21. The lowest BCUT2D eigenvalue weighted by Crippen LogP contribution is -2.40. The molecule has 4 nitrogen and oxygen atoms in total. The molecular formula is C15H24N4. The molecule has 0 aromatic carbocycles. The second-order valence-corrected chi connectivity index (χ2v) is 6.21. The highest BCUT2D eigenvalue weighted by atomic mass is 15.3. The van der Waals surface area contributed by atoms with E-state index in [0.717, 1.165) is 31.9 Å². The molecule has 1 aromatic rings. The van der Waals surface area contributed by atoms with Crippen molar-refractivity contribution in [2.45, 2.75) is 57.4 Å². The van der Waals surface area contributed by atoms with Gasteiger partial charge in [0, 0.05) is 25.3 Å². The second kappa shape index (κ2) is 5.08. The number of rotatable bonds is 1. The quantitative estimate of drug-likeness (QED) is 0.842. The summed E-state index contributed by atoms with van der Waals surface area (Å²) in [5, 5.41) is 0. The van der Waals surface area contributed by atoms with Gasteiger partial charge in [0.25, 0.3) is 0 Å². The van der Waals surface area contributed by atoms with Gasteiger partial charge in [-0.2, -0.15) is 0 Å². The fraction of sp³-hybridized carbons (Fsp3) is 0.733. The highest BCUT2D eigenvalue weighted by Gasteiger charge is 2.26. The van der Waals surface area contributed by atoms with Crippen LogP contribution in [0.5, 0.6) is 0 Å². The van der Waals surface area contributed by atoms with Gasteiger partial charge in [-0.25, -0.2) is 9.97 Å². The topological polar surface area (TPSA) is 55.0 Å². The molecule has 1 aromatic heterocycles. The summed E-state index contributed by atoms with van der Waals surface area (Å²) in [6, 6.07) is 0.354. The monoisotopic (exact) mass is 260 g/mol. The molecule has 2 atom stereocenters. The summed E-state index contributed by atoms with van der Waals surface area (Å²) < 4.78 is 0. The van der Waals surface area contributed by atoms with Crippen LogP contribution in [0.4, 0.5) is 5.95 Å². The van der Waals surface area contributed by atoms with E-state index in [2.05, 4.69) is 29.9 Å². The highest BCUT2D eigenvalue weighted by Crippen LogP contribution is 2.37. The van der Waals surface area contributed by atoms with Crippen LogP contribution in [0.25, 0.3) is 0 Å². The summed E-state index contributed by atoms with van der Waals surface area (Å²) >= 11 is 0. The van der Waals surface area contributed by atoms with Crippen molar-refractivity contribution in [3.63, 3.8) is 0 Å². The molecule has 19 heavy (non-hydrogen) atoms. The third-order valence-corrected chi connectivity index (χ3v) is 4.69. The molecular weight excluding hydrogens is 236 g/mol. The minimum atomic E-state index is 0.354. The summed E-state index contributed by atoms with van der Waals surface area (Å²) in [6.07, 6.45) is 6.66. The van der Waals surface area contributed by atoms with Crippen LogP contribution >= 0.6 is 0 Å². The van der Waals surface area contributed by atoms with E-state index in [9.17, 15) is 0 Å². The summed E-state index contributed by atoms with van der Waals surface area (Å²) in [6.45, 7) is 6.55. The molecule has 2 N–H and O–H groups in total. The van der Waals surface area contributed by atoms with E-state index in [0.29, 0.717) is 17.9 Å². The lowest BCUT2D eigenvalue weighted by molar-refractivity contribution is 0.486.